The first-order chi connectivity index (χ1) is 16.0. The number of halogens is 8. The van der Waals surface area contributed by atoms with Crippen molar-refractivity contribution in [2.45, 2.75) is 56.8 Å². The third-order valence-corrected chi connectivity index (χ3v) is 15.0. The third-order valence-electron chi connectivity index (χ3n) is 9.56. The maximum Gasteiger partial charge on any atom is 0.218 e. The molecule has 2 spiro atoms. The minimum Gasteiger partial charge on any atom is -0.344 e. The Morgan fingerprint density at radius 1 is 0.441 bits per heavy atom. The van der Waals surface area contributed by atoms with Gasteiger partial charge in [-0.05, 0) is 49.4 Å². The van der Waals surface area contributed by atoms with Gasteiger partial charge >= 0.3 is 0 Å². The standard InChI is InChI=1S/C22H20Cl8O4/c23-13-14(24)19(29)11-3-4-12-10(2-1-9(11)17(13,27)21(19)31-5-6-32-21)18(28)15(25)16(26)20(12,30)22(18)33-7-8-34-22/h9-12H,1-8H2/t9-,10-,11+,12+,17-,18-,19+,20+. The normalized spacial score (nSPS) is 54.4. The van der Waals surface area contributed by atoms with Gasteiger partial charge in [-0.3, -0.25) is 0 Å². The Morgan fingerprint density at radius 2 is 0.647 bits per heavy atom. The number of fused-ring (bicyclic) bond motifs is 6. The summed E-state index contributed by atoms with van der Waals surface area (Å²) in [6, 6.07) is 0. The minimum atomic E-state index is -1.32. The largest absolute Gasteiger partial charge is 0.344 e. The summed E-state index contributed by atoms with van der Waals surface area (Å²) in [5, 5.41) is 1.20. The fourth-order valence-corrected chi connectivity index (χ4v) is 12.9. The van der Waals surface area contributed by atoms with E-state index in [1.165, 1.54) is 0 Å². The smallest absolute Gasteiger partial charge is 0.218 e. The van der Waals surface area contributed by atoms with Crippen molar-refractivity contribution < 1.29 is 18.9 Å². The molecule has 12 heteroatoms. The van der Waals surface area contributed by atoms with Crippen molar-refractivity contribution >= 4 is 92.8 Å². The molecule has 4 bridgehead atoms. The van der Waals surface area contributed by atoms with Crippen molar-refractivity contribution in [3.63, 3.8) is 0 Å². The van der Waals surface area contributed by atoms with Crippen LogP contribution in [0.4, 0.5) is 0 Å². The molecule has 0 aromatic carbocycles. The van der Waals surface area contributed by atoms with Gasteiger partial charge in [0.1, 0.15) is 19.5 Å². The molecule has 0 aromatic rings. The molecule has 5 fully saturated rings. The molecule has 7 rings (SSSR count). The second-order valence-corrected chi connectivity index (χ2v) is 14.2. The second kappa shape index (κ2) is 7.23. The molecular formula is C22H20Cl8O4. The number of ether oxygens (including phenoxy) is 4. The van der Waals surface area contributed by atoms with E-state index in [2.05, 4.69) is 0 Å². The predicted molar refractivity (Wildman–Crippen MR) is 133 cm³/mol. The Balaban J connectivity index is 1.35. The highest BCUT2D eigenvalue weighted by Crippen LogP contribution is 2.80. The molecule has 2 heterocycles. The maximum absolute atomic E-state index is 7.38. The molecule has 7 aliphatic rings. The molecule has 188 valence electrons. The van der Waals surface area contributed by atoms with Crippen LogP contribution in [0, 0.1) is 23.7 Å². The Morgan fingerprint density at radius 3 is 0.853 bits per heavy atom. The van der Waals surface area contributed by atoms with Crippen molar-refractivity contribution in [2.75, 3.05) is 26.4 Å². The van der Waals surface area contributed by atoms with Gasteiger partial charge in [-0.1, -0.05) is 46.4 Å². The van der Waals surface area contributed by atoms with E-state index in [1.807, 2.05) is 0 Å². The summed E-state index contributed by atoms with van der Waals surface area (Å²) in [7, 11) is 0. The van der Waals surface area contributed by atoms with E-state index in [0.29, 0.717) is 72.2 Å². The van der Waals surface area contributed by atoms with Crippen LogP contribution in [0.1, 0.15) is 25.7 Å². The summed E-state index contributed by atoms with van der Waals surface area (Å²) in [6.07, 6.45) is 2.55. The Bertz CT molecular complexity index is 904. The van der Waals surface area contributed by atoms with Crippen LogP contribution in [0.25, 0.3) is 0 Å². The van der Waals surface area contributed by atoms with Crippen molar-refractivity contribution in [1.82, 2.24) is 0 Å². The molecule has 2 aliphatic heterocycles. The SMILES string of the molecule is ClC1=C(Cl)[C@]2(Cl)[C@@H]3CC[C@@H]4[C@H](CC[C@@H]3[C@@]1(Cl)C21OCCO1)[C@]1(Cl)C(Cl)=C(Cl)[C@@]4(Cl)C12OCCO2. The Labute approximate surface area is 237 Å². The maximum atomic E-state index is 7.38. The van der Waals surface area contributed by atoms with Crippen molar-refractivity contribution in [3.05, 3.63) is 20.1 Å². The van der Waals surface area contributed by atoms with Gasteiger partial charge in [0.15, 0.2) is 0 Å². The van der Waals surface area contributed by atoms with Crippen LogP contribution < -0.4 is 0 Å². The number of rotatable bonds is 0. The molecule has 4 nitrogen and oxygen atoms in total. The van der Waals surface area contributed by atoms with E-state index in [1.54, 1.807) is 0 Å². The van der Waals surface area contributed by atoms with Gasteiger partial charge < -0.3 is 18.9 Å². The molecule has 8 atom stereocenters. The van der Waals surface area contributed by atoms with Crippen molar-refractivity contribution in [2.24, 2.45) is 23.7 Å². The average Bonchev–Trinajstić information content (AvgIpc) is 3.58. The van der Waals surface area contributed by atoms with Gasteiger partial charge in [-0.15, -0.1) is 46.4 Å². The molecule has 5 aliphatic carbocycles. The molecule has 34 heavy (non-hydrogen) atoms. The molecular weight excluding hydrogens is 612 g/mol. The summed E-state index contributed by atoms with van der Waals surface area (Å²) in [4.78, 5) is -4.81. The van der Waals surface area contributed by atoms with Crippen LogP contribution in [0.5, 0.6) is 0 Å². The van der Waals surface area contributed by atoms with Crippen LogP contribution in [-0.2, 0) is 18.9 Å². The number of hydrogen-bond donors (Lipinski definition) is 0. The van der Waals surface area contributed by atoms with Gasteiger partial charge in [0.25, 0.3) is 0 Å². The molecule has 0 N–H and O–H groups in total. The van der Waals surface area contributed by atoms with E-state index >= 15 is 0 Å². The highest BCUT2D eigenvalue weighted by molar-refractivity contribution is 6.53. The van der Waals surface area contributed by atoms with Crippen LogP contribution >= 0.6 is 92.8 Å². The lowest BCUT2D eigenvalue weighted by Crippen LogP contribution is -2.56. The Kier molecular flexibility index (Phi) is 5.24. The van der Waals surface area contributed by atoms with Crippen LogP contribution in [-0.4, -0.2) is 57.5 Å². The molecule has 0 unspecified atom stereocenters. The fraction of sp³-hybridized carbons (Fsp3) is 0.818. The van der Waals surface area contributed by atoms with E-state index in [0.717, 1.165) is 0 Å². The number of alkyl halides is 4. The summed E-state index contributed by atoms with van der Waals surface area (Å²) in [5.41, 5.74) is 0. The third kappa shape index (κ3) is 2.13. The fourth-order valence-electron chi connectivity index (χ4n) is 8.47. The first kappa shape index (κ1) is 24.7. The van der Waals surface area contributed by atoms with Crippen LogP contribution in [0.2, 0.25) is 0 Å². The van der Waals surface area contributed by atoms with Gasteiger partial charge in [0.2, 0.25) is 11.6 Å². The van der Waals surface area contributed by atoms with E-state index in [9.17, 15) is 0 Å². The van der Waals surface area contributed by atoms with E-state index < -0.39 is 31.1 Å². The van der Waals surface area contributed by atoms with Crippen molar-refractivity contribution in [1.29, 1.82) is 0 Å². The summed E-state index contributed by atoms with van der Waals surface area (Å²) >= 11 is 56.6. The lowest BCUT2D eigenvalue weighted by molar-refractivity contribution is -0.175. The van der Waals surface area contributed by atoms with Crippen molar-refractivity contribution in [3.8, 4) is 0 Å². The lowest BCUT2D eigenvalue weighted by Gasteiger charge is -2.43. The summed E-state index contributed by atoms with van der Waals surface area (Å²) < 4.78 is 24.7. The first-order valence-electron chi connectivity index (χ1n) is 11.4. The molecule has 3 saturated carbocycles. The highest BCUT2D eigenvalue weighted by atomic mass is 35.5. The molecule has 2 saturated heterocycles. The molecule has 0 radical (unpaired) electrons. The monoisotopic (exact) mass is 628 g/mol. The zero-order valence-corrected chi connectivity index (χ0v) is 23.7. The van der Waals surface area contributed by atoms with Crippen LogP contribution in [0.15, 0.2) is 20.1 Å². The number of hydrogen-bond acceptors (Lipinski definition) is 4. The average molecular weight is 632 g/mol. The zero-order valence-electron chi connectivity index (χ0n) is 17.6. The van der Waals surface area contributed by atoms with Crippen LogP contribution in [0.3, 0.4) is 0 Å². The predicted octanol–water partition coefficient (Wildman–Crippen LogP) is 6.85. The summed E-state index contributed by atoms with van der Waals surface area (Å²) in [6.45, 7) is 1.46. The van der Waals surface area contributed by atoms with E-state index in [-0.39, 0.29) is 23.7 Å². The highest BCUT2D eigenvalue weighted by Gasteiger charge is 2.88. The van der Waals surface area contributed by atoms with E-state index in [4.69, 9.17) is 112 Å². The summed E-state index contributed by atoms with van der Waals surface area (Å²) in [5.74, 6) is -3.29. The van der Waals surface area contributed by atoms with Gasteiger partial charge in [-0.2, -0.15) is 0 Å². The topological polar surface area (TPSA) is 36.9 Å². The lowest BCUT2D eigenvalue weighted by atomic mass is 9.67. The zero-order chi connectivity index (χ0) is 24.1. The second-order valence-electron chi connectivity index (χ2n) is 10.3. The van der Waals surface area contributed by atoms with Gasteiger partial charge in [0.05, 0.1) is 46.6 Å². The minimum absolute atomic E-state index is 0.161. The first-order valence-corrected chi connectivity index (χ1v) is 14.5. The quantitative estimate of drug-likeness (QED) is 0.274. The van der Waals surface area contributed by atoms with Gasteiger partial charge in [-0.25, -0.2) is 0 Å². The van der Waals surface area contributed by atoms with Gasteiger partial charge in [0, 0.05) is 0 Å². The molecule has 0 amide bonds. The Hall–Kier alpha value is 1.64. The molecule has 0 aromatic heterocycles.